The minimum absolute atomic E-state index is 0.735. The topological polar surface area (TPSA) is 56.9 Å². The van der Waals surface area contributed by atoms with Gasteiger partial charge in [-0.1, -0.05) is 16.8 Å². The van der Waals surface area contributed by atoms with Crippen molar-refractivity contribution in [1.29, 1.82) is 0 Å². The Kier molecular flexibility index (Phi) is 7.15. The number of aryl methyl sites for hydroxylation is 2. The Bertz CT molecular complexity index is 744. The van der Waals surface area contributed by atoms with E-state index in [1.807, 2.05) is 19.9 Å². The van der Waals surface area contributed by atoms with Crippen LogP contribution >= 0.6 is 22.9 Å². The Hall–Kier alpha value is -1.57. The number of hydrogen-bond donors (Lipinski definition) is 1. The standard InChI is InChI=1S/C19H28ClN5OS/c1-4-21-19(22-8-7-17-14(2)23-26-15(17)3)25-11-9-24(10-12-25)13-16-5-6-18(20)27-16/h5-6H,4,7-13H2,1-3H3,(H,21,22). The molecule has 2 aromatic heterocycles. The number of piperazine rings is 1. The highest BCUT2D eigenvalue weighted by molar-refractivity contribution is 7.16. The SMILES string of the molecule is CCNC(=NCCc1c(C)noc1C)N1CCN(Cc2ccc(Cl)s2)CC1. The first-order valence-corrected chi connectivity index (χ1v) is 10.7. The van der Waals surface area contributed by atoms with Crippen LogP contribution in [0.15, 0.2) is 21.6 Å². The Morgan fingerprint density at radius 3 is 2.67 bits per heavy atom. The maximum Gasteiger partial charge on any atom is 0.194 e. The second-order valence-corrected chi connectivity index (χ2v) is 8.56. The predicted octanol–water partition coefficient (Wildman–Crippen LogP) is 3.33. The highest BCUT2D eigenvalue weighted by Crippen LogP contribution is 2.23. The number of aliphatic imine (C=N–C) groups is 1. The van der Waals surface area contributed by atoms with E-state index in [9.17, 15) is 0 Å². The smallest absolute Gasteiger partial charge is 0.194 e. The third-order valence-corrected chi connectivity index (χ3v) is 6.04. The molecule has 148 valence electrons. The van der Waals surface area contributed by atoms with Gasteiger partial charge in [0.1, 0.15) is 5.76 Å². The van der Waals surface area contributed by atoms with Gasteiger partial charge in [-0.05, 0) is 39.3 Å². The molecule has 0 aliphatic carbocycles. The number of rotatable bonds is 6. The summed E-state index contributed by atoms with van der Waals surface area (Å²) in [6.45, 7) is 12.7. The average Bonchev–Trinajstić information content (AvgIpc) is 3.21. The van der Waals surface area contributed by atoms with Crippen LogP contribution in [0.2, 0.25) is 4.34 Å². The quantitative estimate of drug-likeness (QED) is 0.585. The van der Waals surface area contributed by atoms with Gasteiger partial charge in [0, 0.05) is 56.3 Å². The van der Waals surface area contributed by atoms with Gasteiger partial charge in [0.25, 0.3) is 0 Å². The van der Waals surface area contributed by atoms with Crippen molar-refractivity contribution in [1.82, 2.24) is 20.3 Å². The number of hydrogen-bond acceptors (Lipinski definition) is 5. The van der Waals surface area contributed by atoms with Crippen LogP contribution in [0.4, 0.5) is 0 Å². The normalized spacial score (nSPS) is 16.1. The summed E-state index contributed by atoms with van der Waals surface area (Å²) in [5.41, 5.74) is 2.14. The van der Waals surface area contributed by atoms with E-state index in [4.69, 9.17) is 21.1 Å². The van der Waals surface area contributed by atoms with E-state index < -0.39 is 0 Å². The lowest BCUT2D eigenvalue weighted by molar-refractivity contribution is 0.173. The molecule has 1 aliphatic heterocycles. The van der Waals surface area contributed by atoms with E-state index in [-0.39, 0.29) is 0 Å². The second-order valence-electron chi connectivity index (χ2n) is 6.76. The number of nitrogens with one attached hydrogen (secondary N) is 1. The molecular weight excluding hydrogens is 382 g/mol. The molecule has 0 atom stereocenters. The molecule has 8 heteroatoms. The van der Waals surface area contributed by atoms with Crippen LogP contribution in [0, 0.1) is 13.8 Å². The molecule has 27 heavy (non-hydrogen) atoms. The summed E-state index contributed by atoms with van der Waals surface area (Å²) in [7, 11) is 0. The molecule has 0 spiro atoms. The van der Waals surface area contributed by atoms with Crippen LogP contribution in [0.3, 0.4) is 0 Å². The molecule has 0 saturated carbocycles. The first-order chi connectivity index (χ1) is 13.1. The fourth-order valence-corrected chi connectivity index (χ4v) is 4.46. The van der Waals surface area contributed by atoms with Gasteiger partial charge in [-0.25, -0.2) is 0 Å². The lowest BCUT2D eigenvalue weighted by Crippen LogP contribution is -2.52. The summed E-state index contributed by atoms with van der Waals surface area (Å²) in [6.07, 6.45) is 0.856. The average molecular weight is 410 g/mol. The molecule has 0 amide bonds. The largest absolute Gasteiger partial charge is 0.361 e. The van der Waals surface area contributed by atoms with Crippen LogP contribution in [0.1, 0.15) is 28.8 Å². The van der Waals surface area contributed by atoms with Gasteiger partial charge in [-0.15, -0.1) is 11.3 Å². The zero-order valence-electron chi connectivity index (χ0n) is 16.3. The Labute approximate surface area is 170 Å². The molecule has 6 nitrogen and oxygen atoms in total. The van der Waals surface area contributed by atoms with Gasteiger partial charge in [0.15, 0.2) is 5.96 Å². The monoisotopic (exact) mass is 409 g/mol. The molecular formula is C19H28ClN5OS. The maximum atomic E-state index is 6.04. The summed E-state index contributed by atoms with van der Waals surface area (Å²) in [5, 5.41) is 7.45. The zero-order valence-corrected chi connectivity index (χ0v) is 17.9. The van der Waals surface area contributed by atoms with Crippen molar-refractivity contribution in [3.63, 3.8) is 0 Å². The van der Waals surface area contributed by atoms with Crippen LogP contribution in [-0.4, -0.2) is 60.2 Å². The number of nitrogens with zero attached hydrogens (tertiary/aromatic N) is 4. The highest BCUT2D eigenvalue weighted by Gasteiger charge is 2.20. The summed E-state index contributed by atoms with van der Waals surface area (Å²) in [6, 6.07) is 4.10. The third kappa shape index (κ3) is 5.46. The van der Waals surface area contributed by atoms with Crippen molar-refractivity contribution in [3.8, 4) is 0 Å². The first kappa shape index (κ1) is 20.2. The van der Waals surface area contributed by atoms with Gasteiger partial charge in [-0.2, -0.15) is 0 Å². The van der Waals surface area contributed by atoms with Crippen molar-refractivity contribution in [3.05, 3.63) is 38.4 Å². The highest BCUT2D eigenvalue weighted by atomic mass is 35.5. The summed E-state index contributed by atoms with van der Waals surface area (Å²) in [5.74, 6) is 1.90. The van der Waals surface area contributed by atoms with E-state index >= 15 is 0 Å². The van der Waals surface area contributed by atoms with E-state index in [2.05, 4.69) is 33.3 Å². The van der Waals surface area contributed by atoms with Crippen LogP contribution < -0.4 is 5.32 Å². The van der Waals surface area contributed by atoms with E-state index in [1.54, 1.807) is 11.3 Å². The van der Waals surface area contributed by atoms with Gasteiger partial charge in [-0.3, -0.25) is 9.89 Å². The van der Waals surface area contributed by atoms with Gasteiger partial charge in [0.05, 0.1) is 10.0 Å². The second kappa shape index (κ2) is 9.57. The van der Waals surface area contributed by atoms with E-state index in [0.29, 0.717) is 0 Å². The molecule has 1 fully saturated rings. The Balaban J connectivity index is 1.52. The third-order valence-electron chi connectivity index (χ3n) is 4.82. The molecule has 3 rings (SSSR count). The zero-order chi connectivity index (χ0) is 19.2. The number of halogens is 1. The molecule has 1 saturated heterocycles. The predicted molar refractivity (Wildman–Crippen MR) is 112 cm³/mol. The van der Waals surface area contributed by atoms with Crippen molar-refractivity contribution in [2.24, 2.45) is 4.99 Å². The van der Waals surface area contributed by atoms with Crippen LogP contribution in [0.25, 0.3) is 0 Å². The molecule has 1 N–H and O–H groups in total. The number of aromatic nitrogens is 1. The molecule has 0 radical (unpaired) electrons. The Morgan fingerprint density at radius 2 is 2.07 bits per heavy atom. The summed E-state index contributed by atoms with van der Waals surface area (Å²) < 4.78 is 6.11. The molecule has 0 unspecified atom stereocenters. The van der Waals surface area contributed by atoms with E-state index in [0.717, 1.165) is 74.0 Å². The minimum Gasteiger partial charge on any atom is -0.361 e. The number of thiophene rings is 1. The summed E-state index contributed by atoms with van der Waals surface area (Å²) >= 11 is 7.71. The lowest BCUT2D eigenvalue weighted by Gasteiger charge is -2.36. The van der Waals surface area contributed by atoms with Gasteiger partial charge < -0.3 is 14.7 Å². The minimum atomic E-state index is 0.735. The van der Waals surface area contributed by atoms with Crippen molar-refractivity contribution in [2.45, 2.75) is 33.7 Å². The fraction of sp³-hybridized carbons (Fsp3) is 0.579. The maximum absolute atomic E-state index is 6.04. The molecule has 3 heterocycles. The fourth-order valence-electron chi connectivity index (χ4n) is 3.33. The molecule has 1 aliphatic rings. The van der Waals surface area contributed by atoms with E-state index in [1.165, 1.54) is 10.4 Å². The molecule has 2 aromatic rings. The number of guanidine groups is 1. The van der Waals surface area contributed by atoms with Gasteiger partial charge >= 0.3 is 0 Å². The lowest BCUT2D eigenvalue weighted by atomic mass is 10.1. The first-order valence-electron chi connectivity index (χ1n) is 9.48. The van der Waals surface area contributed by atoms with Crippen molar-refractivity contribution >= 4 is 28.9 Å². The van der Waals surface area contributed by atoms with Gasteiger partial charge in [0.2, 0.25) is 0 Å². The summed E-state index contributed by atoms with van der Waals surface area (Å²) in [4.78, 5) is 11.0. The van der Waals surface area contributed by atoms with Crippen LogP contribution in [-0.2, 0) is 13.0 Å². The van der Waals surface area contributed by atoms with Crippen molar-refractivity contribution in [2.75, 3.05) is 39.3 Å². The Morgan fingerprint density at radius 1 is 1.30 bits per heavy atom. The van der Waals surface area contributed by atoms with Crippen LogP contribution in [0.5, 0.6) is 0 Å². The molecule has 0 aromatic carbocycles. The van der Waals surface area contributed by atoms with Crippen molar-refractivity contribution < 1.29 is 4.52 Å². The molecule has 0 bridgehead atoms.